The molecular formula is C18H27N3O2. The molecule has 0 saturated carbocycles. The Hall–Kier alpha value is -1.88. The van der Waals surface area contributed by atoms with E-state index in [4.69, 9.17) is 5.73 Å². The van der Waals surface area contributed by atoms with Crippen LogP contribution >= 0.6 is 0 Å². The number of hydrogen-bond donors (Lipinski definition) is 1. The maximum Gasteiger partial charge on any atom is 0.222 e. The van der Waals surface area contributed by atoms with E-state index in [9.17, 15) is 9.59 Å². The maximum atomic E-state index is 12.2. The summed E-state index contributed by atoms with van der Waals surface area (Å²) >= 11 is 0. The highest BCUT2D eigenvalue weighted by atomic mass is 16.2. The zero-order valence-corrected chi connectivity index (χ0v) is 13.7. The van der Waals surface area contributed by atoms with Crippen molar-refractivity contribution in [3.05, 3.63) is 35.9 Å². The van der Waals surface area contributed by atoms with E-state index in [0.717, 1.165) is 19.3 Å². The maximum absolute atomic E-state index is 12.2. The fourth-order valence-electron chi connectivity index (χ4n) is 2.86. The molecule has 1 saturated heterocycles. The average molecular weight is 317 g/mol. The molecule has 23 heavy (non-hydrogen) atoms. The fourth-order valence-corrected chi connectivity index (χ4v) is 2.86. The Morgan fingerprint density at radius 3 is 1.91 bits per heavy atom. The van der Waals surface area contributed by atoms with Crippen molar-refractivity contribution in [2.24, 2.45) is 5.73 Å². The molecule has 5 heteroatoms. The highest BCUT2D eigenvalue weighted by molar-refractivity contribution is 5.78. The third-order valence-electron chi connectivity index (χ3n) is 4.28. The molecule has 5 nitrogen and oxygen atoms in total. The van der Waals surface area contributed by atoms with Crippen molar-refractivity contribution in [2.45, 2.75) is 32.1 Å². The van der Waals surface area contributed by atoms with Crippen LogP contribution in [0.2, 0.25) is 0 Å². The molecule has 1 aliphatic rings. The topological polar surface area (TPSA) is 66.6 Å². The van der Waals surface area contributed by atoms with Crippen LogP contribution in [0.5, 0.6) is 0 Å². The van der Waals surface area contributed by atoms with Crippen molar-refractivity contribution >= 4 is 11.8 Å². The molecule has 0 atom stereocenters. The standard InChI is InChI=1S/C18H27N3O2/c19-11-5-10-18(23)21-14-12-20(13-15-21)17(22)9-4-8-16-6-2-1-3-7-16/h1-3,6-7H,4-5,8-15,19H2. The minimum absolute atomic E-state index is 0.159. The predicted molar refractivity (Wildman–Crippen MR) is 90.8 cm³/mol. The Bertz CT molecular complexity index is 496. The molecule has 1 heterocycles. The first-order valence-electron chi connectivity index (χ1n) is 8.50. The first-order chi connectivity index (χ1) is 11.2. The summed E-state index contributed by atoms with van der Waals surface area (Å²) in [7, 11) is 0. The van der Waals surface area contributed by atoms with E-state index in [1.54, 1.807) is 0 Å². The van der Waals surface area contributed by atoms with Crippen molar-refractivity contribution < 1.29 is 9.59 Å². The molecule has 1 aromatic carbocycles. The Morgan fingerprint density at radius 2 is 1.39 bits per heavy atom. The second-order valence-electron chi connectivity index (χ2n) is 5.99. The summed E-state index contributed by atoms with van der Waals surface area (Å²) in [5, 5.41) is 0. The second-order valence-corrected chi connectivity index (χ2v) is 5.99. The number of rotatable bonds is 7. The summed E-state index contributed by atoms with van der Waals surface area (Å²) in [6, 6.07) is 10.2. The van der Waals surface area contributed by atoms with Gasteiger partial charge in [0.15, 0.2) is 0 Å². The minimum Gasteiger partial charge on any atom is -0.339 e. The molecule has 1 fully saturated rings. The third kappa shape index (κ3) is 5.67. The number of hydrogen-bond acceptors (Lipinski definition) is 3. The molecule has 126 valence electrons. The van der Waals surface area contributed by atoms with Crippen molar-refractivity contribution in [3.63, 3.8) is 0 Å². The van der Waals surface area contributed by atoms with Crippen molar-refractivity contribution in [3.8, 4) is 0 Å². The van der Waals surface area contributed by atoms with Gasteiger partial charge in [0.25, 0.3) is 0 Å². The summed E-state index contributed by atoms with van der Waals surface area (Å²) in [5.41, 5.74) is 6.71. The SMILES string of the molecule is NCCCC(=O)N1CCN(C(=O)CCCc2ccccc2)CC1. The zero-order chi connectivity index (χ0) is 16.5. The number of carbonyl (C=O) groups excluding carboxylic acids is 2. The smallest absolute Gasteiger partial charge is 0.222 e. The van der Waals surface area contributed by atoms with Crippen LogP contribution in [0.4, 0.5) is 0 Å². The van der Waals surface area contributed by atoms with Crippen LogP contribution in [0.25, 0.3) is 0 Å². The Labute approximate surface area is 138 Å². The lowest BCUT2D eigenvalue weighted by Gasteiger charge is -2.35. The van der Waals surface area contributed by atoms with Crippen LogP contribution in [-0.2, 0) is 16.0 Å². The molecule has 0 radical (unpaired) electrons. The quantitative estimate of drug-likeness (QED) is 0.827. The van der Waals surface area contributed by atoms with Crippen molar-refractivity contribution in [2.75, 3.05) is 32.7 Å². The van der Waals surface area contributed by atoms with Crippen molar-refractivity contribution in [1.29, 1.82) is 0 Å². The van der Waals surface area contributed by atoms with Crippen LogP contribution in [0.3, 0.4) is 0 Å². The summed E-state index contributed by atoms with van der Waals surface area (Å²) in [6.45, 7) is 3.14. The number of amides is 2. The molecule has 0 spiro atoms. The molecule has 2 N–H and O–H groups in total. The van der Waals surface area contributed by atoms with E-state index in [-0.39, 0.29) is 11.8 Å². The number of benzene rings is 1. The lowest BCUT2D eigenvalue weighted by atomic mass is 10.1. The van der Waals surface area contributed by atoms with Crippen LogP contribution in [-0.4, -0.2) is 54.3 Å². The first kappa shape index (κ1) is 17.5. The van der Waals surface area contributed by atoms with Gasteiger partial charge in [0.2, 0.25) is 11.8 Å². The predicted octanol–water partition coefficient (Wildman–Crippen LogP) is 1.42. The molecular weight excluding hydrogens is 290 g/mol. The molecule has 2 rings (SSSR count). The van der Waals surface area contributed by atoms with Gasteiger partial charge < -0.3 is 15.5 Å². The highest BCUT2D eigenvalue weighted by Gasteiger charge is 2.23. The third-order valence-corrected chi connectivity index (χ3v) is 4.28. The van der Waals surface area contributed by atoms with Gasteiger partial charge in [-0.2, -0.15) is 0 Å². The van der Waals surface area contributed by atoms with E-state index in [1.807, 2.05) is 28.0 Å². The molecule has 1 aliphatic heterocycles. The van der Waals surface area contributed by atoms with Crippen LogP contribution in [0, 0.1) is 0 Å². The Morgan fingerprint density at radius 1 is 0.870 bits per heavy atom. The molecule has 0 aromatic heterocycles. The summed E-state index contributed by atoms with van der Waals surface area (Å²) in [6.07, 6.45) is 3.64. The van der Waals surface area contributed by atoms with E-state index in [1.165, 1.54) is 5.56 Å². The monoisotopic (exact) mass is 317 g/mol. The van der Waals surface area contributed by atoms with E-state index in [2.05, 4.69) is 12.1 Å². The largest absolute Gasteiger partial charge is 0.339 e. The van der Waals surface area contributed by atoms with Gasteiger partial charge in [-0.25, -0.2) is 0 Å². The molecule has 2 amide bonds. The normalized spacial score (nSPS) is 14.8. The van der Waals surface area contributed by atoms with Gasteiger partial charge in [0, 0.05) is 39.0 Å². The number of nitrogens with two attached hydrogens (primary N) is 1. The average Bonchev–Trinajstić information content (AvgIpc) is 2.60. The first-order valence-corrected chi connectivity index (χ1v) is 8.50. The van der Waals surface area contributed by atoms with Crippen molar-refractivity contribution in [1.82, 2.24) is 9.80 Å². The number of nitrogens with zero attached hydrogens (tertiary/aromatic N) is 2. The number of aryl methyl sites for hydroxylation is 1. The molecule has 1 aromatic rings. The Kier molecular flexibility index (Phi) is 7.07. The minimum atomic E-state index is 0.159. The van der Waals surface area contributed by atoms with Gasteiger partial charge in [-0.1, -0.05) is 30.3 Å². The Balaban J connectivity index is 1.66. The molecule has 0 aliphatic carbocycles. The lowest BCUT2D eigenvalue weighted by molar-refractivity contribution is -0.139. The highest BCUT2D eigenvalue weighted by Crippen LogP contribution is 2.10. The van der Waals surface area contributed by atoms with Crippen LogP contribution < -0.4 is 5.73 Å². The number of piperazine rings is 1. The molecule has 0 unspecified atom stereocenters. The molecule has 0 bridgehead atoms. The van der Waals surface area contributed by atoms with Gasteiger partial charge in [-0.3, -0.25) is 9.59 Å². The van der Waals surface area contributed by atoms with Crippen LogP contribution in [0.15, 0.2) is 30.3 Å². The summed E-state index contributed by atoms with van der Waals surface area (Å²) in [5.74, 6) is 0.363. The van der Waals surface area contributed by atoms with E-state index >= 15 is 0 Å². The zero-order valence-electron chi connectivity index (χ0n) is 13.7. The summed E-state index contributed by atoms with van der Waals surface area (Å²) < 4.78 is 0. The van der Waals surface area contributed by atoms with Crippen LogP contribution in [0.1, 0.15) is 31.2 Å². The van der Waals surface area contributed by atoms with Gasteiger partial charge in [0.05, 0.1) is 0 Å². The number of carbonyl (C=O) groups is 2. The lowest BCUT2D eigenvalue weighted by Crippen LogP contribution is -2.50. The fraction of sp³-hybridized carbons (Fsp3) is 0.556. The van der Waals surface area contributed by atoms with Gasteiger partial charge in [0.1, 0.15) is 0 Å². The van der Waals surface area contributed by atoms with Gasteiger partial charge in [-0.05, 0) is 31.4 Å². The summed E-state index contributed by atoms with van der Waals surface area (Å²) in [4.78, 5) is 27.9. The second kappa shape index (κ2) is 9.30. The van der Waals surface area contributed by atoms with E-state index in [0.29, 0.717) is 45.6 Å². The van der Waals surface area contributed by atoms with Gasteiger partial charge >= 0.3 is 0 Å². The van der Waals surface area contributed by atoms with E-state index < -0.39 is 0 Å². The van der Waals surface area contributed by atoms with Gasteiger partial charge in [-0.15, -0.1) is 0 Å².